The van der Waals surface area contributed by atoms with Crippen molar-refractivity contribution in [2.45, 2.75) is 18.7 Å². The average Bonchev–Trinajstić information content (AvgIpc) is 2.69. The molecule has 0 spiro atoms. The van der Waals surface area contributed by atoms with E-state index in [1.54, 1.807) is 19.9 Å². The number of nitrogens with one attached hydrogen (secondary N) is 1. The molecular formula is C19H22N4O4S. The summed E-state index contributed by atoms with van der Waals surface area (Å²) in [4.78, 5) is 10.3. The van der Waals surface area contributed by atoms with Gasteiger partial charge in [0.05, 0.1) is 10.6 Å². The quantitative estimate of drug-likeness (QED) is 0.391. The molecule has 0 aromatic heterocycles. The van der Waals surface area contributed by atoms with Crippen molar-refractivity contribution in [3.63, 3.8) is 0 Å². The lowest BCUT2D eigenvalue weighted by Crippen LogP contribution is -2.31. The summed E-state index contributed by atoms with van der Waals surface area (Å²) < 4.78 is 27.0. The van der Waals surface area contributed by atoms with E-state index in [9.17, 15) is 18.5 Å². The zero-order valence-electron chi connectivity index (χ0n) is 15.6. The van der Waals surface area contributed by atoms with Crippen molar-refractivity contribution in [2.24, 2.45) is 5.10 Å². The lowest BCUT2D eigenvalue weighted by molar-refractivity contribution is -0.385. The second-order valence-corrected chi connectivity index (χ2v) is 7.59. The zero-order valence-corrected chi connectivity index (χ0v) is 16.5. The Balaban J connectivity index is 2.29. The first-order chi connectivity index (χ1) is 13.4. The number of non-ortho nitro benzene ring substituents is 1. The lowest BCUT2D eigenvalue weighted by atomic mass is 10.2. The molecule has 0 saturated carbocycles. The number of anilines is 1. The van der Waals surface area contributed by atoms with Gasteiger partial charge in [0, 0.05) is 31.4 Å². The molecule has 0 aliphatic heterocycles. The molecule has 2 aromatic carbocycles. The molecular weight excluding hydrogens is 380 g/mol. The number of hydrazone groups is 1. The van der Waals surface area contributed by atoms with Crippen LogP contribution in [0.2, 0.25) is 0 Å². The van der Waals surface area contributed by atoms with Crippen molar-refractivity contribution >= 4 is 33.7 Å². The third-order valence-electron chi connectivity index (χ3n) is 3.93. The number of nitro groups is 1. The fraction of sp³-hybridized carbons (Fsp3) is 0.211. The summed E-state index contributed by atoms with van der Waals surface area (Å²) in [5.41, 5.74) is 3.53. The first-order valence-corrected chi connectivity index (χ1v) is 10.1. The van der Waals surface area contributed by atoms with Gasteiger partial charge < -0.3 is 0 Å². The monoisotopic (exact) mass is 402 g/mol. The van der Waals surface area contributed by atoms with Crippen LogP contribution in [0.5, 0.6) is 0 Å². The Kier molecular flexibility index (Phi) is 7.42. The molecule has 2 aromatic rings. The summed E-state index contributed by atoms with van der Waals surface area (Å²) in [6, 6.07) is 13.2. The standard InChI is InChI=1S/C19H22N4O4S/c1-3-22(4-2)28(26,27)19-15-17(23(24)25)12-13-18(19)21-20-14-8-11-16-9-6-5-7-10-16/h5-15,21H,3-4H2,1-2H3. The van der Waals surface area contributed by atoms with E-state index in [1.807, 2.05) is 36.4 Å². The Morgan fingerprint density at radius 1 is 1.14 bits per heavy atom. The molecule has 0 bridgehead atoms. The van der Waals surface area contributed by atoms with Gasteiger partial charge in [-0.25, -0.2) is 8.42 Å². The van der Waals surface area contributed by atoms with Gasteiger partial charge in [0.1, 0.15) is 4.90 Å². The minimum absolute atomic E-state index is 0.168. The fourth-order valence-corrected chi connectivity index (χ4v) is 4.12. The molecule has 8 nitrogen and oxygen atoms in total. The Morgan fingerprint density at radius 2 is 1.82 bits per heavy atom. The predicted octanol–water partition coefficient (Wildman–Crippen LogP) is 3.74. The summed E-state index contributed by atoms with van der Waals surface area (Å²) in [7, 11) is -3.90. The van der Waals surface area contributed by atoms with E-state index in [2.05, 4.69) is 10.5 Å². The highest BCUT2D eigenvalue weighted by atomic mass is 32.2. The number of nitro benzene ring substituents is 1. The fourth-order valence-electron chi connectivity index (χ4n) is 2.50. The molecule has 0 aliphatic carbocycles. The number of allylic oxidation sites excluding steroid dienone is 1. The van der Waals surface area contributed by atoms with Crippen LogP contribution in [0.15, 0.2) is 64.6 Å². The van der Waals surface area contributed by atoms with E-state index in [0.29, 0.717) is 0 Å². The first kappa shape index (κ1) is 21.3. The smallest absolute Gasteiger partial charge is 0.270 e. The summed E-state index contributed by atoms with van der Waals surface area (Å²) >= 11 is 0. The van der Waals surface area contributed by atoms with Crippen molar-refractivity contribution in [2.75, 3.05) is 18.5 Å². The van der Waals surface area contributed by atoms with E-state index in [1.165, 1.54) is 22.7 Å². The normalized spacial score (nSPS) is 12.1. The highest BCUT2D eigenvalue weighted by Crippen LogP contribution is 2.29. The summed E-state index contributed by atoms with van der Waals surface area (Å²) in [5.74, 6) is 0. The van der Waals surface area contributed by atoms with Crippen LogP contribution in [0.1, 0.15) is 19.4 Å². The number of nitrogens with zero attached hydrogens (tertiary/aromatic N) is 3. The molecule has 0 amide bonds. The molecule has 0 saturated heterocycles. The van der Waals surface area contributed by atoms with Gasteiger partial charge in [-0.15, -0.1) is 0 Å². The highest BCUT2D eigenvalue weighted by molar-refractivity contribution is 7.89. The summed E-state index contributed by atoms with van der Waals surface area (Å²) in [5, 5.41) is 15.1. The predicted molar refractivity (Wildman–Crippen MR) is 111 cm³/mol. The second kappa shape index (κ2) is 9.77. The average molecular weight is 402 g/mol. The third kappa shape index (κ3) is 5.24. The van der Waals surface area contributed by atoms with Crippen molar-refractivity contribution in [1.82, 2.24) is 4.31 Å². The largest absolute Gasteiger partial charge is 0.277 e. The maximum absolute atomic E-state index is 12.9. The van der Waals surface area contributed by atoms with Crippen molar-refractivity contribution in [1.29, 1.82) is 0 Å². The number of benzene rings is 2. The first-order valence-electron chi connectivity index (χ1n) is 8.69. The topological polar surface area (TPSA) is 105 Å². The van der Waals surface area contributed by atoms with Gasteiger partial charge in [0.15, 0.2) is 0 Å². The Morgan fingerprint density at radius 3 is 2.43 bits per heavy atom. The lowest BCUT2D eigenvalue weighted by Gasteiger charge is -2.20. The number of hydrogen-bond acceptors (Lipinski definition) is 6. The van der Waals surface area contributed by atoms with Crippen LogP contribution in [0.3, 0.4) is 0 Å². The van der Waals surface area contributed by atoms with Crippen molar-refractivity contribution in [3.05, 3.63) is 70.3 Å². The van der Waals surface area contributed by atoms with Crippen LogP contribution in [-0.4, -0.2) is 37.0 Å². The van der Waals surface area contributed by atoms with Gasteiger partial charge in [-0.05, 0) is 17.7 Å². The van der Waals surface area contributed by atoms with Gasteiger partial charge >= 0.3 is 0 Å². The highest BCUT2D eigenvalue weighted by Gasteiger charge is 2.27. The Bertz CT molecular complexity index is 969. The van der Waals surface area contributed by atoms with E-state index in [0.717, 1.165) is 11.6 Å². The van der Waals surface area contributed by atoms with Crippen molar-refractivity contribution < 1.29 is 13.3 Å². The van der Waals surface area contributed by atoms with E-state index < -0.39 is 14.9 Å². The van der Waals surface area contributed by atoms with Gasteiger partial charge in [-0.2, -0.15) is 9.41 Å². The molecule has 0 fully saturated rings. The molecule has 0 atom stereocenters. The Labute approximate surface area is 164 Å². The van der Waals surface area contributed by atoms with E-state index in [-0.39, 0.29) is 29.4 Å². The number of sulfonamides is 1. The summed E-state index contributed by atoms with van der Waals surface area (Å²) in [6.07, 6.45) is 5.02. The zero-order chi connectivity index (χ0) is 20.6. The van der Waals surface area contributed by atoms with Gasteiger partial charge in [-0.3, -0.25) is 15.5 Å². The van der Waals surface area contributed by atoms with Crippen LogP contribution < -0.4 is 5.43 Å². The molecule has 0 heterocycles. The minimum Gasteiger partial charge on any atom is -0.277 e. The van der Waals surface area contributed by atoms with Crippen LogP contribution in [0, 0.1) is 10.1 Å². The number of hydrogen-bond donors (Lipinski definition) is 1. The van der Waals surface area contributed by atoms with Gasteiger partial charge in [-0.1, -0.05) is 50.3 Å². The molecule has 2 rings (SSSR count). The minimum atomic E-state index is -3.90. The Hall–Kier alpha value is -3.04. The molecule has 0 unspecified atom stereocenters. The van der Waals surface area contributed by atoms with E-state index >= 15 is 0 Å². The maximum Gasteiger partial charge on any atom is 0.270 e. The SMILES string of the molecule is CCN(CC)S(=O)(=O)c1cc([N+](=O)[O-])ccc1NN=CC=Cc1ccccc1. The van der Waals surface area contributed by atoms with Crippen LogP contribution in [0.4, 0.5) is 11.4 Å². The molecule has 0 radical (unpaired) electrons. The van der Waals surface area contributed by atoms with Gasteiger partial charge in [0.25, 0.3) is 5.69 Å². The summed E-state index contributed by atoms with van der Waals surface area (Å²) in [6.45, 7) is 3.92. The third-order valence-corrected chi connectivity index (χ3v) is 6.02. The molecule has 1 N–H and O–H groups in total. The molecule has 9 heteroatoms. The van der Waals surface area contributed by atoms with Crippen LogP contribution in [-0.2, 0) is 10.0 Å². The van der Waals surface area contributed by atoms with E-state index in [4.69, 9.17) is 0 Å². The van der Waals surface area contributed by atoms with Crippen LogP contribution in [0.25, 0.3) is 6.08 Å². The van der Waals surface area contributed by atoms with Crippen molar-refractivity contribution in [3.8, 4) is 0 Å². The molecule has 0 aliphatic rings. The second-order valence-electron chi connectivity index (χ2n) is 5.69. The molecule has 148 valence electrons. The number of rotatable bonds is 9. The maximum atomic E-state index is 12.9. The van der Waals surface area contributed by atoms with Gasteiger partial charge in [0.2, 0.25) is 10.0 Å². The van der Waals surface area contributed by atoms with Crippen LogP contribution >= 0.6 is 0 Å². The molecule has 28 heavy (non-hydrogen) atoms.